The van der Waals surface area contributed by atoms with Crippen LogP contribution in [0.15, 0.2) is 30.3 Å². The molecule has 0 spiro atoms. The van der Waals surface area contributed by atoms with Gasteiger partial charge in [-0.15, -0.1) is 0 Å². The molecule has 4 rings (SSSR count). The van der Waals surface area contributed by atoms with E-state index in [1.165, 1.54) is 12.1 Å². The fourth-order valence-corrected chi connectivity index (χ4v) is 3.65. The number of rotatable bonds is 3. The Morgan fingerprint density at radius 3 is 2.88 bits per heavy atom. The first kappa shape index (κ1) is 17.0. The normalized spacial score (nSPS) is 19.3. The van der Waals surface area contributed by atoms with Crippen LogP contribution < -0.4 is 4.74 Å². The molecule has 0 N–H and O–H groups in total. The first-order valence-corrected chi connectivity index (χ1v) is 8.89. The third-order valence-electron chi connectivity index (χ3n) is 5.04. The van der Waals surface area contributed by atoms with E-state index in [9.17, 15) is 9.18 Å². The number of hydrogen-bond donors (Lipinski definition) is 0. The third kappa shape index (κ3) is 3.17. The molecule has 1 aromatic heterocycles. The standard InChI is InChI=1S/C20H21FN2O3/c1-25-19-16(11-14-3-2-4-17(14)22-19)20(24)23-9-10-26-18(12-23)13-5-7-15(21)8-6-13/h5-8,11,18H,2-4,9-10,12H2,1H3/t18-/m0/s1. The summed E-state index contributed by atoms with van der Waals surface area (Å²) in [5.74, 6) is 0.00591. The van der Waals surface area contributed by atoms with Crippen LogP contribution in [0.3, 0.4) is 0 Å². The molecule has 6 heteroatoms. The minimum atomic E-state index is -0.286. The first-order chi connectivity index (χ1) is 12.7. The van der Waals surface area contributed by atoms with Gasteiger partial charge >= 0.3 is 0 Å². The summed E-state index contributed by atoms with van der Waals surface area (Å²) in [6.45, 7) is 1.37. The fourth-order valence-electron chi connectivity index (χ4n) is 3.65. The van der Waals surface area contributed by atoms with E-state index in [1.54, 1.807) is 24.1 Å². The highest BCUT2D eigenvalue weighted by atomic mass is 19.1. The van der Waals surface area contributed by atoms with Crippen LogP contribution in [-0.2, 0) is 17.6 Å². The minimum Gasteiger partial charge on any atom is -0.480 e. The number of morpholine rings is 1. The fraction of sp³-hybridized carbons (Fsp3) is 0.400. The molecule has 1 atom stereocenters. The Morgan fingerprint density at radius 2 is 2.12 bits per heavy atom. The van der Waals surface area contributed by atoms with Crippen molar-refractivity contribution in [3.63, 3.8) is 0 Å². The Bertz CT molecular complexity index is 823. The average molecular weight is 356 g/mol. The number of pyridine rings is 1. The summed E-state index contributed by atoms with van der Waals surface area (Å²) in [6.07, 6.45) is 2.69. The maximum absolute atomic E-state index is 13.1. The highest BCUT2D eigenvalue weighted by molar-refractivity contribution is 5.96. The number of fused-ring (bicyclic) bond motifs is 1. The van der Waals surface area contributed by atoms with Gasteiger partial charge in [-0.05, 0) is 48.6 Å². The van der Waals surface area contributed by atoms with Crippen molar-refractivity contribution in [2.75, 3.05) is 26.8 Å². The van der Waals surface area contributed by atoms with Gasteiger partial charge in [0.15, 0.2) is 0 Å². The van der Waals surface area contributed by atoms with Crippen molar-refractivity contribution >= 4 is 5.91 Å². The van der Waals surface area contributed by atoms with Gasteiger partial charge in [0, 0.05) is 12.2 Å². The molecular weight excluding hydrogens is 335 g/mol. The highest BCUT2D eigenvalue weighted by Crippen LogP contribution is 2.29. The van der Waals surface area contributed by atoms with E-state index in [0.717, 1.165) is 36.1 Å². The van der Waals surface area contributed by atoms with Gasteiger partial charge in [0.25, 0.3) is 5.91 Å². The van der Waals surface area contributed by atoms with Gasteiger partial charge in [-0.1, -0.05) is 12.1 Å². The van der Waals surface area contributed by atoms with Gasteiger partial charge in [0.05, 0.1) is 20.3 Å². The molecule has 0 saturated carbocycles. The molecule has 0 bridgehead atoms. The minimum absolute atomic E-state index is 0.0977. The number of amides is 1. The molecule has 2 heterocycles. The first-order valence-electron chi connectivity index (χ1n) is 8.89. The summed E-state index contributed by atoms with van der Waals surface area (Å²) >= 11 is 0. The van der Waals surface area contributed by atoms with E-state index in [1.807, 2.05) is 6.07 Å². The number of hydrogen-bond acceptors (Lipinski definition) is 4. The van der Waals surface area contributed by atoms with Crippen LogP contribution >= 0.6 is 0 Å². The van der Waals surface area contributed by atoms with Crippen LogP contribution in [0.2, 0.25) is 0 Å². The van der Waals surface area contributed by atoms with Crippen LogP contribution in [-0.4, -0.2) is 42.6 Å². The molecule has 1 amide bonds. The quantitative estimate of drug-likeness (QED) is 0.849. The molecule has 1 aliphatic carbocycles. The van der Waals surface area contributed by atoms with Crippen molar-refractivity contribution in [2.24, 2.45) is 0 Å². The zero-order valence-electron chi connectivity index (χ0n) is 14.7. The van der Waals surface area contributed by atoms with E-state index in [2.05, 4.69) is 4.98 Å². The lowest BCUT2D eigenvalue weighted by Crippen LogP contribution is -2.42. The predicted octanol–water partition coefficient (Wildman–Crippen LogP) is 2.93. The Labute approximate surface area is 151 Å². The smallest absolute Gasteiger partial charge is 0.259 e. The van der Waals surface area contributed by atoms with Gasteiger partial charge in [-0.25, -0.2) is 9.37 Å². The van der Waals surface area contributed by atoms with Crippen LogP contribution in [0.5, 0.6) is 5.88 Å². The number of benzene rings is 1. The molecule has 1 fully saturated rings. The Balaban J connectivity index is 1.57. The predicted molar refractivity (Wildman–Crippen MR) is 93.8 cm³/mol. The number of aryl methyl sites for hydroxylation is 2. The lowest BCUT2D eigenvalue weighted by atomic mass is 10.1. The second kappa shape index (κ2) is 7.03. The maximum Gasteiger partial charge on any atom is 0.259 e. The van der Waals surface area contributed by atoms with Gasteiger partial charge in [0.1, 0.15) is 17.5 Å². The van der Waals surface area contributed by atoms with E-state index in [-0.39, 0.29) is 17.8 Å². The largest absolute Gasteiger partial charge is 0.480 e. The summed E-state index contributed by atoms with van der Waals surface area (Å²) < 4.78 is 24.3. The van der Waals surface area contributed by atoms with E-state index in [4.69, 9.17) is 9.47 Å². The van der Waals surface area contributed by atoms with E-state index >= 15 is 0 Å². The topological polar surface area (TPSA) is 51.7 Å². The molecule has 136 valence electrons. The second-order valence-electron chi connectivity index (χ2n) is 6.67. The Hall–Kier alpha value is -2.47. The van der Waals surface area contributed by atoms with Crippen molar-refractivity contribution in [3.05, 3.63) is 58.5 Å². The maximum atomic E-state index is 13.1. The third-order valence-corrected chi connectivity index (χ3v) is 5.04. The second-order valence-corrected chi connectivity index (χ2v) is 6.67. The zero-order chi connectivity index (χ0) is 18.1. The lowest BCUT2D eigenvalue weighted by molar-refractivity contribution is -0.0229. The molecular formula is C20H21FN2O3. The molecule has 1 aromatic carbocycles. The summed E-state index contributed by atoms with van der Waals surface area (Å²) in [5, 5.41) is 0. The number of nitrogens with zero attached hydrogens (tertiary/aromatic N) is 2. The lowest BCUT2D eigenvalue weighted by Gasteiger charge is -2.33. The molecule has 26 heavy (non-hydrogen) atoms. The summed E-state index contributed by atoms with van der Waals surface area (Å²) in [5.41, 5.74) is 3.54. The van der Waals surface area contributed by atoms with Crippen molar-refractivity contribution in [2.45, 2.75) is 25.4 Å². The number of carbonyl (C=O) groups is 1. The van der Waals surface area contributed by atoms with Crippen molar-refractivity contribution < 1.29 is 18.7 Å². The molecule has 1 saturated heterocycles. The zero-order valence-corrected chi connectivity index (χ0v) is 14.7. The molecule has 0 radical (unpaired) electrons. The number of halogens is 1. The van der Waals surface area contributed by atoms with E-state index in [0.29, 0.717) is 31.1 Å². The van der Waals surface area contributed by atoms with Crippen molar-refractivity contribution in [3.8, 4) is 5.88 Å². The summed E-state index contributed by atoms with van der Waals surface area (Å²) in [6, 6.07) is 8.15. The molecule has 1 aliphatic heterocycles. The summed E-state index contributed by atoms with van der Waals surface area (Å²) in [4.78, 5) is 19.4. The van der Waals surface area contributed by atoms with Gasteiger partial charge < -0.3 is 14.4 Å². The summed E-state index contributed by atoms with van der Waals surface area (Å²) in [7, 11) is 1.54. The molecule has 2 aromatic rings. The van der Waals surface area contributed by atoms with Crippen LogP contribution in [0.4, 0.5) is 4.39 Å². The average Bonchev–Trinajstić information content (AvgIpc) is 3.14. The molecule has 5 nitrogen and oxygen atoms in total. The SMILES string of the molecule is COc1nc2c(cc1C(=O)N1CCO[C@H](c3ccc(F)cc3)C1)CCC2. The van der Waals surface area contributed by atoms with Crippen molar-refractivity contribution in [1.29, 1.82) is 0 Å². The Morgan fingerprint density at radius 1 is 1.31 bits per heavy atom. The number of aromatic nitrogens is 1. The molecule has 2 aliphatic rings. The monoisotopic (exact) mass is 356 g/mol. The van der Waals surface area contributed by atoms with Gasteiger partial charge in [-0.2, -0.15) is 0 Å². The van der Waals surface area contributed by atoms with Crippen LogP contribution in [0.25, 0.3) is 0 Å². The number of carbonyl (C=O) groups excluding carboxylic acids is 1. The van der Waals surface area contributed by atoms with Crippen molar-refractivity contribution in [1.82, 2.24) is 9.88 Å². The number of ether oxygens (including phenoxy) is 2. The molecule has 0 unspecified atom stereocenters. The van der Waals surface area contributed by atoms with Gasteiger partial charge in [-0.3, -0.25) is 4.79 Å². The highest BCUT2D eigenvalue weighted by Gasteiger charge is 2.29. The number of methoxy groups -OCH3 is 1. The van der Waals surface area contributed by atoms with E-state index < -0.39 is 0 Å². The van der Waals surface area contributed by atoms with Crippen LogP contribution in [0.1, 0.15) is 39.7 Å². The van der Waals surface area contributed by atoms with Gasteiger partial charge in [0.2, 0.25) is 5.88 Å². The Kier molecular flexibility index (Phi) is 4.59. The van der Waals surface area contributed by atoms with Crippen LogP contribution in [0, 0.1) is 5.82 Å².